The number of rotatable bonds is 4. The minimum absolute atomic E-state index is 0.119. The fraction of sp³-hybridized carbons (Fsp3) is 0.800. The Morgan fingerprint density at radius 2 is 2.29 bits per heavy atom. The van der Waals surface area contributed by atoms with Crippen LogP contribution in [-0.2, 0) is 6.42 Å². The van der Waals surface area contributed by atoms with E-state index in [0.29, 0.717) is 6.04 Å². The molecule has 0 aliphatic heterocycles. The molecule has 2 rings (SSSR count). The molecule has 78 valence electrons. The third-order valence-electron chi connectivity index (χ3n) is 2.88. The smallest absolute Gasteiger partial charge is 0.138 e. The first-order valence-corrected chi connectivity index (χ1v) is 5.28. The van der Waals surface area contributed by atoms with Crippen molar-refractivity contribution in [3.63, 3.8) is 0 Å². The number of aryl methyl sites for hydroxylation is 1. The van der Waals surface area contributed by atoms with Crippen molar-refractivity contribution in [2.75, 3.05) is 0 Å². The fourth-order valence-electron chi connectivity index (χ4n) is 1.66. The summed E-state index contributed by atoms with van der Waals surface area (Å²) in [7, 11) is 0. The maximum absolute atomic E-state index is 6.03. The van der Waals surface area contributed by atoms with Gasteiger partial charge in [0, 0.05) is 18.0 Å². The van der Waals surface area contributed by atoms with Gasteiger partial charge in [-0.1, -0.05) is 0 Å². The van der Waals surface area contributed by atoms with Crippen molar-refractivity contribution < 1.29 is 0 Å². The van der Waals surface area contributed by atoms with Gasteiger partial charge in [-0.05, 0) is 33.1 Å². The molecule has 0 bridgehead atoms. The molecule has 1 fully saturated rings. The molecule has 1 saturated carbocycles. The highest BCUT2D eigenvalue weighted by Crippen LogP contribution is 2.36. The third-order valence-corrected chi connectivity index (χ3v) is 2.88. The van der Waals surface area contributed by atoms with Gasteiger partial charge in [-0.25, -0.2) is 9.67 Å². The van der Waals surface area contributed by atoms with Gasteiger partial charge in [0.1, 0.15) is 12.2 Å². The van der Waals surface area contributed by atoms with Crippen molar-refractivity contribution in [3.05, 3.63) is 12.2 Å². The van der Waals surface area contributed by atoms with E-state index in [2.05, 4.69) is 23.9 Å². The summed E-state index contributed by atoms with van der Waals surface area (Å²) in [5.41, 5.74) is 6.15. The summed E-state index contributed by atoms with van der Waals surface area (Å²) < 4.78 is 1.98. The van der Waals surface area contributed by atoms with E-state index in [1.54, 1.807) is 6.33 Å². The molecule has 4 nitrogen and oxygen atoms in total. The van der Waals surface area contributed by atoms with Crippen LogP contribution in [0.5, 0.6) is 0 Å². The second kappa shape index (κ2) is 3.35. The minimum Gasteiger partial charge on any atom is -0.325 e. The van der Waals surface area contributed by atoms with Gasteiger partial charge in [-0.3, -0.25) is 0 Å². The molecule has 0 unspecified atom stereocenters. The fourth-order valence-corrected chi connectivity index (χ4v) is 1.66. The Hall–Kier alpha value is -0.900. The van der Waals surface area contributed by atoms with Crippen LogP contribution in [0.4, 0.5) is 0 Å². The van der Waals surface area contributed by atoms with Gasteiger partial charge in [-0.2, -0.15) is 5.10 Å². The first-order valence-electron chi connectivity index (χ1n) is 5.28. The van der Waals surface area contributed by atoms with Crippen LogP contribution in [0, 0.1) is 0 Å². The second-order valence-electron chi connectivity index (χ2n) is 4.58. The van der Waals surface area contributed by atoms with Crippen LogP contribution in [0.15, 0.2) is 6.33 Å². The molecule has 1 aromatic heterocycles. The Kier molecular flexibility index (Phi) is 2.31. The lowest BCUT2D eigenvalue weighted by Crippen LogP contribution is -2.23. The van der Waals surface area contributed by atoms with Crippen molar-refractivity contribution in [1.82, 2.24) is 14.8 Å². The third kappa shape index (κ3) is 1.95. The predicted octanol–water partition coefficient (Wildman–Crippen LogP) is 1.28. The number of hydrogen-bond acceptors (Lipinski definition) is 3. The Morgan fingerprint density at radius 3 is 2.86 bits per heavy atom. The van der Waals surface area contributed by atoms with Crippen LogP contribution in [0.1, 0.15) is 45.0 Å². The predicted molar refractivity (Wildman–Crippen MR) is 54.9 cm³/mol. The summed E-state index contributed by atoms with van der Waals surface area (Å²) >= 11 is 0. The highest BCUT2D eigenvalue weighted by Gasteiger charge is 2.37. The molecule has 0 atom stereocenters. The first-order chi connectivity index (χ1) is 6.61. The molecular weight excluding hydrogens is 176 g/mol. The van der Waals surface area contributed by atoms with E-state index in [-0.39, 0.29) is 5.54 Å². The quantitative estimate of drug-likeness (QED) is 0.785. The minimum atomic E-state index is 0.119. The van der Waals surface area contributed by atoms with Crippen molar-refractivity contribution in [3.8, 4) is 0 Å². The molecule has 1 aliphatic rings. The zero-order chi connectivity index (χ0) is 10.2. The Labute approximate surface area is 84.5 Å². The van der Waals surface area contributed by atoms with Crippen molar-refractivity contribution in [2.24, 2.45) is 5.73 Å². The lowest BCUT2D eigenvalue weighted by Gasteiger charge is -2.11. The van der Waals surface area contributed by atoms with Crippen LogP contribution in [0.3, 0.4) is 0 Å². The number of nitrogens with two attached hydrogens (primary N) is 1. The van der Waals surface area contributed by atoms with E-state index >= 15 is 0 Å². The number of nitrogens with zero attached hydrogens (tertiary/aromatic N) is 3. The molecule has 0 spiro atoms. The van der Waals surface area contributed by atoms with Crippen LogP contribution >= 0.6 is 0 Å². The van der Waals surface area contributed by atoms with Crippen LogP contribution in [0.25, 0.3) is 0 Å². The van der Waals surface area contributed by atoms with E-state index < -0.39 is 0 Å². The van der Waals surface area contributed by atoms with Gasteiger partial charge in [0.2, 0.25) is 0 Å². The summed E-state index contributed by atoms with van der Waals surface area (Å²) in [6, 6.07) is 0.389. The molecule has 2 N–H and O–H groups in total. The molecule has 1 heterocycles. The highest BCUT2D eigenvalue weighted by molar-refractivity contribution is 5.01. The molecule has 14 heavy (non-hydrogen) atoms. The van der Waals surface area contributed by atoms with Gasteiger partial charge >= 0.3 is 0 Å². The maximum atomic E-state index is 6.03. The average molecular weight is 194 g/mol. The van der Waals surface area contributed by atoms with E-state index in [4.69, 9.17) is 5.73 Å². The SMILES string of the molecule is CC(C)n1ncnc1CCC1(N)CC1. The summed E-state index contributed by atoms with van der Waals surface area (Å²) in [6.07, 6.45) is 5.96. The van der Waals surface area contributed by atoms with Gasteiger partial charge in [0.05, 0.1) is 0 Å². The van der Waals surface area contributed by atoms with Crippen LogP contribution < -0.4 is 5.73 Å². The normalized spacial score (nSPS) is 18.9. The highest BCUT2D eigenvalue weighted by atomic mass is 15.3. The average Bonchev–Trinajstić information content (AvgIpc) is 2.68. The van der Waals surface area contributed by atoms with Crippen LogP contribution in [0.2, 0.25) is 0 Å². The molecule has 4 heteroatoms. The Balaban J connectivity index is 1.98. The Bertz CT molecular complexity index is 312. The topological polar surface area (TPSA) is 56.7 Å². The van der Waals surface area contributed by atoms with E-state index in [1.807, 2.05) is 4.68 Å². The van der Waals surface area contributed by atoms with Gasteiger partial charge < -0.3 is 5.73 Å². The largest absolute Gasteiger partial charge is 0.325 e. The molecule has 0 aromatic carbocycles. The zero-order valence-corrected chi connectivity index (χ0v) is 8.90. The lowest BCUT2D eigenvalue weighted by atomic mass is 10.1. The summed E-state index contributed by atoms with van der Waals surface area (Å²) in [5, 5.41) is 4.20. The van der Waals surface area contributed by atoms with Gasteiger partial charge in [-0.15, -0.1) is 0 Å². The number of aromatic nitrogens is 3. The van der Waals surface area contributed by atoms with Gasteiger partial charge in [0.25, 0.3) is 0 Å². The van der Waals surface area contributed by atoms with Crippen molar-refractivity contribution in [1.29, 1.82) is 0 Å². The van der Waals surface area contributed by atoms with E-state index in [1.165, 1.54) is 12.8 Å². The molecule has 0 saturated heterocycles. The maximum Gasteiger partial charge on any atom is 0.138 e. The molecule has 0 amide bonds. The van der Waals surface area contributed by atoms with E-state index in [9.17, 15) is 0 Å². The first kappa shape index (κ1) is 9.65. The Morgan fingerprint density at radius 1 is 1.57 bits per heavy atom. The van der Waals surface area contributed by atoms with Crippen molar-refractivity contribution in [2.45, 2.75) is 51.1 Å². The molecular formula is C10H18N4. The van der Waals surface area contributed by atoms with Gasteiger partial charge in [0.15, 0.2) is 0 Å². The summed E-state index contributed by atoms with van der Waals surface area (Å²) in [4.78, 5) is 4.26. The monoisotopic (exact) mass is 194 g/mol. The number of hydrogen-bond donors (Lipinski definition) is 1. The second-order valence-corrected chi connectivity index (χ2v) is 4.58. The van der Waals surface area contributed by atoms with E-state index in [0.717, 1.165) is 18.7 Å². The summed E-state index contributed by atoms with van der Waals surface area (Å²) in [6.45, 7) is 4.24. The molecule has 1 aliphatic carbocycles. The molecule has 0 radical (unpaired) electrons. The van der Waals surface area contributed by atoms with Crippen molar-refractivity contribution >= 4 is 0 Å². The summed E-state index contributed by atoms with van der Waals surface area (Å²) in [5.74, 6) is 1.07. The molecule has 1 aromatic rings. The standard InChI is InChI=1S/C10H18N4/c1-8(2)14-9(12-7-13-14)3-4-10(11)5-6-10/h7-8H,3-6,11H2,1-2H3. The van der Waals surface area contributed by atoms with Crippen LogP contribution in [-0.4, -0.2) is 20.3 Å². The zero-order valence-electron chi connectivity index (χ0n) is 8.90. The lowest BCUT2D eigenvalue weighted by molar-refractivity contribution is 0.488.